The molecule has 0 saturated heterocycles. The third-order valence-corrected chi connectivity index (χ3v) is 4.11. The van der Waals surface area contributed by atoms with Gasteiger partial charge in [0.15, 0.2) is 0 Å². The number of methoxy groups -OCH3 is 2. The van der Waals surface area contributed by atoms with Gasteiger partial charge in [-0.3, -0.25) is 4.68 Å². The van der Waals surface area contributed by atoms with E-state index in [2.05, 4.69) is 21.0 Å². The second-order valence-corrected chi connectivity index (χ2v) is 5.65. The molecule has 1 N–H and O–H groups in total. The highest BCUT2D eigenvalue weighted by molar-refractivity contribution is 9.10. The molecule has 1 aromatic carbocycles. The van der Waals surface area contributed by atoms with E-state index in [0.29, 0.717) is 35.2 Å². The molecule has 114 valence electrons. The molecule has 0 saturated carbocycles. The first-order valence-corrected chi connectivity index (χ1v) is 7.47. The van der Waals surface area contributed by atoms with Crippen molar-refractivity contribution in [1.29, 1.82) is 0 Å². The highest BCUT2D eigenvalue weighted by Crippen LogP contribution is 2.34. The number of aliphatic hydroxyl groups excluding tert-OH is 1. The van der Waals surface area contributed by atoms with E-state index in [1.165, 1.54) is 6.20 Å². The van der Waals surface area contributed by atoms with E-state index in [-0.39, 0.29) is 0 Å². The van der Waals surface area contributed by atoms with Crippen LogP contribution in [0.25, 0.3) is 0 Å². The number of rotatable bonds is 6. The average Bonchev–Trinajstić information content (AvgIpc) is 2.86. The Hall–Kier alpha value is -1.08. The molecule has 7 heteroatoms. The smallest absolute Gasteiger partial charge is 0.123 e. The molecular formula is C14H16BrClN2O3. The van der Waals surface area contributed by atoms with Gasteiger partial charge < -0.3 is 14.6 Å². The van der Waals surface area contributed by atoms with Crippen LogP contribution in [0.3, 0.4) is 0 Å². The maximum Gasteiger partial charge on any atom is 0.123 e. The monoisotopic (exact) mass is 374 g/mol. The molecule has 2 aromatic rings. The SMILES string of the molecule is COCCn1ncc(Cl)c1C(O)c1cc(OC)ccc1Br. The minimum absolute atomic E-state index is 0.410. The summed E-state index contributed by atoms with van der Waals surface area (Å²) in [6.07, 6.45) is 0.602. The Bertz CT molecular complexity index is 618. The van der Waals surface area contributed by atoms with Crippen molar-refractivity contribution >= 4 is 27.5 Å². The molecule has 0 bridgehead atoms. The molecule has 0 fully saturated rings. The van der Waals surface area contributed by atoms with Crippen molar-refractivity contribution < 1.29 is 14.6 Å². The second kappa shape index (κ2) is 7.26. The standard InChI is InChI=1S/C14H16BrClN2O3/c1-20-6-5-18-13(12(16)8-17-18)14(19)10-7-9(21-2)3-4-11(10)15/h3-4,7-8,14,19H,5-6H2,1-2H3. The molecule has 1 atom stereocenters. The first-order valence-electron chi connectivity index (χ1n) is 6.30. The Morgan fingerprint density at radius 2 is 2.19 bits per heavy atom. The maximum absolute atomic E-state index is 10.7. The van der Waals surface area contributed by atoms with Crippen LogP contribution in [0.4, 0.5) is 0 Å². The fraction of sp³-hybridized carbons (Fsp3) is 0.357. The highest BCUT2D eigenvalue weighted by Gasteiger charge is 2.22. The number of halogens is 2. The van der Waals surface area contributed by atoms with Crippen LogP contribution in [-0.4, -0.2) is 35.7 Å². The zero-order valence-corrected chi connectivity index (χ0v) is 14.1. The van der Waals surface area contributed by atoms with E-state index in [1.54, 1.807) is 25.0 Å². The van der Waals surface area contributed by atoms with Gasteiger partial charge in [-0.05, 0) is 18.2 Å². The summed E-state index contributed by atoms with van der Waals surface area (Å²) >= 11 is 9.60. The van der Waals surface area contributed by atoms with E-state index in [9.17, 15) is 5.11 Å². The van der Waals surface area contributed by atoms with Crippen LogP contribution in [0.15, 0.2) is 28.9 Å². The maximum atomic E-state index is 10.7. The van der Waals surface area contributed by atoms with Crippen LogP contribution < -0.4 is 4.74 Å². The summed E-state index contributed by atoms with van der Waals surface area (Å²) in [5, 5.41) is 15.3. The predicted octanol–water partition coefficient (Wildman–Crippen LogP) is 3.04. The van der Waals surface area contributed by atoms with Crippen molar-refractivity contribution in [3.05, 3.63) is 45.1 Å². The number of benzene rings is 1. The minimum Gasteiger partial charge on any atom is -0.497 e. The Balaban J connectivity index is 2.39. The van der Waals surface area contributed by atoms with Crippen LogP contribution in [0.5, 0.6) is 5.75 Å². The Labute approximate surface area is 136 Å². The molecule has 0 aliphatic rings. The lowest BCUT2D eigenvalue weighted by Crippen LogP contribution is -2.14. The van der Waals surface area contributed by atoms with Gasteiger partial charge in [-0.25, -0.2) is 0 Å². The third-order valence-electron chi connectivity index (χ3n) is 3.10. The fourth-order valence-electron chi connectivity index (χ4n) is 2.01. The van der Waals surface area contributed by atoms with E-state index < -0.39 is 6.10 Å². The van der Waals surface area contributed by atoms with Gasteiger partial charge in [0.2, 0.25) is 0 Å². The molecule has 2 rings (SSSR count). The molecule has 0 spiro atoms. The molecule has 21 heavy (non-hydrogen) atoms. The quantitative estimate of drug-likeness (QED) is 0.843. The highest BCUT2D eigenvalue weighted by atomic mass is 79.9. The normalized spacial score (nSPS) is 12.4. The first kappa shape index (κ1) is 16.3. The molecule has 5 nitrogen and oxygen atoms in total. The van der Waals surface area contributed by atoms with E-state index in [0.717, 1.165) is 4.47 Å². The minimum atomic E-state index is -0.915. The lowest BCUT2D eigenvalue weighted by atomic mass is 10.1. The van der Waals surface area contributed by atoms with Gasteiger partial charge in [0.05, 0.1) is 37.2 Å². The fourth-order valence-corrected chi connectivity index (χ4v) is 2.71. The zero-order valence-electron chi connectivity index (χ0n) is 11.7. The molecule has 0 aliphatic carbocycles. The summed E-state index contributed by atoms with van der Waals surface area (Å²) in [6.45, 7) is 0.994. The van der Waals surface area contributed by atoms with Gasteiger partial charge in [-0.1, -0.05) is 27.5 Å². The van der Waals surface area contributed by atoms with Crippen molar-refractivity contribution in [2.45, 2.75) is 12.6 Å². The Morgan fingerprint density at radius 1 is 1.43 bits per heavy atom. The van der Waals surface area contributed by atoms with Crippen LogP contribution in [0, 0.1) is 0 Å². The van der Waals surface area contributed by atoms with Gasteiger partial charge >= 0.3 is 0 Å². The lowest BCUT2D eigenvalue weighted by molar-refractivity contribution is 0.171. The van der Waals surface area contributed by atoms with E-state index in [4.69, 9.17) is 21.1 Å². The predicted molar refractivity (Wildman–Crippen MR) is 83.9 cm³/mol. The summed E-state index contributed by atoms with van der Waals surface area (Å²) in [6, 6.07) is 5.39. The van der Waals surface area contributed by atoms with Crippen molar-refractivity contribution in [2.75, 3.05) is 20.8 Å². The topological polar surface area (TPSA) is 56.5 Å². The number of aromatic nitrogens is 2. The second-order valence-electron chi connectivity index (χ2n) is 4.38. The van der Waals surface area contributed by atoms with Gasteiger partial charge in [0, 0.05) is 17.1 Å². The summed E-state index contributed by atoms with van der Waals surface area (Å²) in [5.41, 5.74) is 1.19. The third kappa shape index (κ3) is 3.58. The van der Waals surface area contributed by atoms with Crippen molar-refractivity contribution in [3.63, 3.8) is 0 Å². The first-order chi connectivity index (χ1) is 10.1. The van der Waals surface area contributed by atoms with Gasteiger partial charge in [0.25, 0.3) is 0 Å². The Kier molecular flexibility index (Phi) is 5.64. The van der Waals surface area contributed by atoms with Crippen molar-refractivity contribution in [2.24, 2.45) is 0 Å². The summed E-state index contributed by atoms with van der Waals surface area (Å²) in [5.74, 6) is 0.659. The van der Waals surface area contributed by atoms with Crippen LogP contribution in [0.2, 0.25) is 5.02 Å². The summed E-state index contributed by atoms with van der Waals surface area (Å²) in [4.78, 5) is 0. The van der Waals surface area contributed by atoms with E-state index >= 15 is 0 Å². The molecule has 0 aliphatic heterocycles. The number of hydrogen-bond acceptors (Lipinski definition) is 4. The van der Waals surface area contributed by atoms with Gasteiger partial charge in [-0.2, -0.15) is 5.10 Å². The van der Waals surface area contributed by atoms with Crippen LogP contribution in [0.1, 0.15) is 17.4 Å². The molecule has 1 aromatic heterocycles. The van der Waals surface area contributed by atoms with Crippen molar-refractivity contribution in [3.8, 4) is 5.75 Å². The molecule has 0 amide bonds. The number of hydrogen-bond donors (Lipinski definition) is 1. The molecular weight excluding hydrogens is 360 g/mol. The summed E-state index contributed by atoms with van der Waals surface area (Å²) in [7, 11) is 3.19. The van der Waals surface area contributed by atoms with Crippen LogP contribution in [-0.2, 0) is 11.3 Å². The number of nitrogens with zero attached hydrogens (tertiary/aromatic N) is 2. The Morgan fingerprint density at radius 3 is 2.86 bits per heavy atom. The zero-order chi connectivity index (χ0) is 15.4. The number of aliphatic hydroxyl groups is 1. The molecule has 1 heterocycles. The van der Waals surface area contributed by atoms with E-state index in [1.807, 2.05) is 12.1 Å². The largest absolute Gasteiger partial charge is 0.497 e. The van der Waals surface area contributed by atoms with Crippen molar-refractivity contribution in [1.82, 2.24) is 9.78 Å². The lowest BCUT2D eigenvalue weighted by Gasteiger charge is -2.16. The average molecular weight is 376 g/mol. The van der Waals surface area contributed by atoms with Gasteiger partial charge in [0.1, 0.15) is 11.9 Å². The molecule has 1 unspecified atom stereocenters. The van der Waals surface area contributed by atoms with Gasteiger partial charge in [-0.15, -0.1) is 0 Å². The number of ether oxygens (including phenoxy) is 2. The van der Waals surface area contributed by atoms with Crippen LogP contribution >= 0.6 is 27.5 Å². The molecule has 0 radical (unpaired) electrons. The summed E-state index contributed by atoms with van der Waals surface area (Å²) < 4.78 is 12.6.